The van der Waals surface area contributed by atoms with E-state index < -0.39 is 0 Å². The number of carbonyl (C=O) groups is 1. The highest BCUT2D eigenvalue weighted by Crippen LogP contribution is 2.20. The summed E-state index contributed by atoms with van der Waals surface area (Å²) in [5, 5.41) is 2.91. The van der Waals surface area contributed by atoms with Gasteiger partial charge in [-0.25, -0.2) is 0 Å². The molecule has 0 saturated heterocycles. The molecule has 0 atom stereocenters. The van der Waals surface area contributed by atoms with Gasteiger partial charge in [0.1, 0.15) is 0 Å². The molecule has 21 heavy (non-hydrogen) atoms. The lowest BCUT2D eigenvalue weighted by Crippen LogP contribution is -2.33. The molecule has 1 aromatic rings. The quantitative estimate of drug-likeness (QED) is 0.799. The Morgan fingerprint density at radius 1 is 1.38 bits per heavy atom. The molecule has 1 aromatic carbocycles. The summed E-state index contributed by atoms with van der Waals surface area (Å²) >= 11 is 3.44. The standard InChI is InChI=1S/C16H23BrN2O2/c1-11-14(3-2-4-15(11)17)16(20)19-9-10-21-13-7-5-12(18)6-8-13/h2-4,12-13H,5-10,18H2,1H3,(H,19,20). The van der Waals surface area contributed by atoms with E-state index in [0.29, 0.717) is 30.9 Å². The molecule has 1 aliphatic carbocycles. The number of halogens is 1. The summed E-state index contributed by atoms with van der Waals surface area (Å²) in [6.45, 7) is 3.02. The van der Waals surface area contributed by atoms with Crippen molar-refractivity contribution in [1.29, 1.82) is 0 Å². The molecule has 1 fully saturated rings. The molecular formula is C16H23BrN2O2. The van der Waals surface area contributed by atoms with E-state index in [1.165, 1.54) is 0 Å². The van der Waals surface area contributed by atoms with E-state index in [0.717, 1.165) is 35.7 Å². The number of ether oxygens (including phenoxy) is 1. The third kappa shape index (κ3) is 4.80. The molecule has 0 spiro atoms. The maximum Gasteiger partial charge on any atom is 0.251 e. The topological polar surface area (TPSA) is 64.3 Å². The molecule has 0 unspecified atom stereocenters. The number of hydrogen-bond donors (Lipinski definition) is 2. The molecule has 0 aliphatic heterocycles. The number of hydrogen-bond acceptors (Lipinski definition) is 3. The second-order valence-electron chi connectivity index (χ2n) is 5.58. The first kappa shape index (κ1) is 16.5. The summed E-state index contributed by atoms with van der Waals surface area (Å²) in [5.74, 6) is -0.0527. The van der Waals surface area contributed by atoms with Gasteiger partial charge >= 0.3 is 0 Å². The lowest BCUT2D eigenvalue weighted by molar-refractivity contribution is 0.0267. The maximum atomic E-state index is 12.1. The molecule has 1 amide bonds. The van der Waals surface area contributed by atoms with Crippen LogP contribution in [0.5, 0.6) is 0 Å². The Balaban J connectivity index is 1.71. The average molecular weight is 355 g/mol. The van der Waals surface area contributed by atoms with Crippen LogP contribution in [0.2, 0.25) is 0 Å². The molecule has 2 rings (SSSR count). The van der Waals surface area contributed by atoms with Crippen molar-refractivity contribution >= 4 is 21.8 Å². The summed E-state index contributed by atoms with van der Waals surface area (Å²) in [5.41, 5.74) is 7.52. The van der Waals surface area contributed by atoms with E-state index in [1.807, 2.05) is 25.1 Å². The van der Waals surface area contributed by atoms with E-state index in [4.69, 9.17) is 10.5 Å². The smallest absolute Gasteiger partial charge is 0.251 e. The van der Waals surface area contributed by atoms with Gasteiger partial charge in [0, 0.05) is 22.6 Å². The van der Waals surface area contributed by atoms with E-state index in [9.17, 15) is 4.79 Å². The van der Waals surface area contributed by atoms with Crippen molar-refractivity contribution in [3.63, 3.8) is 0 Å². The summed E-state index contributed by atoms with van der Waals surface area (Å²) in [4.78, 5) is 12.1. The molecule has 116 valence electrons. The van der Waals surface area contributed by atoms with E-state index >= 15 is 0 Å². The first-order valence-corrected chi connectivity index (χ1v) is 8.27. The molecule has 3 N–H and O–H groups in total. The molecule has 4 nitrogen and oxygen atoms in total. The Kier molecular flexibility index (Phi) is 6.21. The third-order valence-electron chi connectivity index (χ3n) is 3.97. The zero-order chi connectivity index (χ0) is 15.2. The normalized spacial score (nSPS) is 22.0. The minimum absolute atomic E-state index is 0.0527. The highest BCUT2D eigenvalue weighted by atomic mass is 79.9. The van der Waals surface area contributed by atoms with Gasteiger partial charge in [0.15, 0.2) is 0 Å². The number of nitrogens with one attached hydrogen (secondary N) is 1. The highest BCUT2D eigenvalue weighted by Gasteiger charge is 2.18. The summed E-state index contributed by atoms with van der Waals surface area (Å²) in [6.07, 6.45) is 4.43. The van der Waals surface area contributed by atoms with Crippen LogP contribution in [0.3, 0.4) is 0 Å². The Hall–Kier alpha value is -0.910. The Labute approximate surface area is 134 Å². The first-order valence-electron chi connectivity index (χ1n) is 7.48. The van der Waals surface area contributed by atoms with Gasteiger partial charge in [-0.2, -0.15) is 0 Å². The van der Waals surface area contributed by atoms with Crippen LogP contribution in [-0.4, -0.2) is 31.2 Å². The monoisotopic (exact) mass is 354 g/mol. The van der Waals surface area contributed by atoms with Gasteiger partial charge in [-0.15, -0.1) is 0 Å². The summed E-state index contributed by atoms with van der Waals surface area (Å²) < 4.78 is 6.74. The Morgan fingerprint density at radius 3 is 2.81 bits per heavy atom. The maximum absolute atomic E-state index is 12.1. The SMILES string of the molecule is Cc1c(Br)cccc1C(=O)NCCOC1CCC(N)CC1. The lowest BCUT2D eigenvalue weighted by Gasteiger charge is -2.26. The predicted octanol–water partition coefficient (Wildman–Crippen LogP) is 2.77. The van der Waals surface area contributed by atoms with E-state index in [2.05, 4.69) is 21.2 Å². The Bertz CT molecular complexity index is 485. The van der Waals surface area contributed by atoms with Crippen molar-refractivity contribution in [2.45, 2.75) is 44.8 Å². The second kappa shape index (κ2) is 7.92. The van der Waals surface area contributed by atoms with Gasteiger partial charge in [0.25, 0.3) is 5.91 Å². The molecular weight excluding hydrogens is 332 g/mol. The molecule has 5 heteroatoms. The molecule has 1 aliphatic rings. The van der Waals surface area contributed by atoms with Gasteiger partial charge in [-0.1, -0.05) is 22.0 Å². The highest BCUT2D eigenvalue weighted by molar-refractivity contribution is 9.10. The van der Waals surface area contributed by atoms with Crippen LogP contribution in [-0.2, 0) is 4.74 Å². The zero-order valence-corrected chi connectivity index (χ0v) is 14.0. The third-order valence-corrected chi connectivity index (χ3v) is 4.83. The van der Waals surface area contributed by atoms with Crippen molar-refractivity contribution in [1.82, 2.24) is 5.32 Å². The molecule has 1 saturated carbocycles. The van der Waals surface area contributed by atoms with Gasteiger partial charge in [-0.3, -0.25) is 4.79 Å². The second-order valence-corrected chi connectivity index (χ2v) is 6.43. The van der Waals surface area contributed by atoms with Crippen molar-refractivity contribution in [3.05, 3.63) is 33.8 Å². The minimum Gasteiger partial charge on any atom is -0.376 e. The first-order chi connectivity index (χ1) is 10.1. The fourth-order valence-electron chi connectivity index (χ4n) is 2.59. The van der Waals surface area contributed by atoms with Crippen LogP contribution in [0.15, 0.2) is 22.7 Å². The molecule has 0 bridgehead atoms. The summed E-state index contributed by atoms with van der Waals surface area (Å²) in [6, 6.07) is 5.97. The van der Waals surface area contributed by atoms with Crippen molar-refractivity contribution in [2.24, 2.45) is 5.73 Å². The van der Waals surface area contributed by atoms with Gasteiger partial charge in [0.05, 0.1) is 12.7 Å². The van der Waals surface area contributed by atoms with E-state index in [1.54, 1.807) is 0 Å². The van der Waals surface area contributed by atoms with Gasteiger partial charge in [-0.05, 0) is 50.3 Å². The Morgan fingerprint density at radius 2 is 2.10 bits per heavy atom. The van der Waals surface area contributed by atoms with Crippen molar-refractivity contribution in [3.8, 4) is 0 Å². The largest absolute Gasteiger partial charge is 0.376 e. The van der Waals surface area contributed by atoms with Crippen LogP contribution >= 0.6 is 15.9 Å². The fourth-order valence-corrected chi connectivity index (χ4v) is 2.96. The van der Waals surface area contributed by atoms with Crippen LogP contribution in [0.1, 0.15) is 41.6 Å². The van der Waals surface area contributed by atoms with Crippen LogP contribution < -0.4 is 11.1 Å². The van der Waals surface area contributed by atoms with Gasteiger partial charge < -0.3 is 15.8 Å². The van der Waals surface area contributed by atoms with Crippen molar-refractivity contribution in [2.75, 3.05) is 13.2 Å². The van der Waals surface area contributed by atoms with Crippen molar-refractivity contribution < 1.29 is 9.53 Å². The number of benzene rings is 1. The van der Waals surface area contributed by atoms with Gasteiger partial charge in [0.2, 0.25) is 0 Å². The van der Waals surface area contributed by atoms with Crippen LogP contribution in [0, 0.1) is 6.92 Å². The van der Waals surface area contributed by atoms with Crippen LogP contribution in [0.25, 0.3) is 0 Å². The average Bonchev–Trinajstić information content (AvgIpc) is 2.48. The number of carbonyl (C=O) groups excluding carboxylic acids is 1. The summed E-state index contributed by atoms with van der Waals surface area (Å²) in [7, 11) is 0. The molecule has 0 heterocycles. The molecule has 0 radical (unpaired) electrons. The van der Waals surface area contributed by atoms with E-state index in [-0.39, 0.29) is 5.91 Å². The van der Waals surface area contributed by atoms with Crippen LogP contribution in [0.4, 0.5) is 0 Å². The minimum atomic E-state index is -0.0527. The molecule has 0 aromatic heterocycles. The number of amides is 1. The lowest BCUT2D eigenvalue weighted by atomic mass is 9.94. The number of rotatable bonds is 5. The predicted molar refractivity (Wildman–Crippen MR) is 87.4 cm³/mol. The fraction of sp³-hybridized carbons (Fsp3) is 0.562. The zero-order valence-electron chi connectivity index (χ0n) is 12.4. The number of nitrogens with two attached hydrogens (primary N) is 1.